The van der Waals surface area contributed by atoms with Crippen LogP contribution in [-0.4, -0.2) is 18.3 Å². The van der Waals surface area contributed by atoms with Gasteiger partial charge in [0.2, 0.25) is 5.13 Å². The second-order valence-corrected chi connectivity index (χ2v) is 6.53. The van der Waals surface area contributed by atoms with Crippen molar-refractivity contribution < 1.29 is 4.74 Å². The van der Waals surface area contributed by atoms with E-state index in [0.29, 0.717) is 0 Å². The molecule has 0 amide bonds. The predicted molar refractivity (Wildman–Crippen MR) is 97.5 cm³/mol. The van der Waals surface area contributed by atoms with Crippen LogP contribution in [0, 0.1) is 6.92 Å². The highest BCUT2D eigenvalue weighted by atomic mass is 35.5. The van der Waals surface area contributed by atoms with Gasteiger partial charge in [-0.2, -0.15) is 0 Å². The lowest BCUT2D eigenvalue weighted by molar-refractivity contribution is 0.414. The van der Waals surface area contributed by atoms with Crippen molar-refractivity contribution in [2.45, 2.75) is 6.92 Å². The number of aliphatic imine (C=N–C) groups is 1. The van der Waals surface area contributed by atoms with E-state index in [-0.39, 0.29) is 0 Å². The number of halogens is 1. The maximum atomic E-state index is 5.94. The van der Waals surface area contributed by atoms with Crippen LogP contribution in [0.1, 0.15) is 10.4 Å². The van der Waals surface area contributed by atoms with Crippen molar-refractivity contribution in [3.8, 4) is 17.0 Å². The third-order valence-electron chi connectivity index (χ3n) is 3.36. The summed E-state index contributed by atoms with van der Waals surface area (Å²) < 4.78 is 5.32. The SMILES string of the molecule is COc1ccccc1C=Nc1nc(-c2ccc(Cl)cc2)c(C)s1. The van der Waals surface area contributed by atoms with Gasteiger partial charge < -0.3 is 4.74 Å². The summed E-state index contributed by atoms with van der Waals surface area (Å²) in [5.41, 5.74) is 2.91. The summed E-state index contributed by atoms with van der Waals surface area (Å²) in [4.78, 5) is 10.2. The first-order chi connectivity index (χ1) is 11.2. The lowest BCUT2D eigenvalue weighted by Gasteiger charge is -2.02. The molecule has 23 heavy (non-hydrogen) atoms. The van der Waals surface area contributed by atoms with Gasteiger partial charge in [-0.1, -0.05) is 47.2 Å². The number of thiazole rings is 1. The lowest BCUT2D eigenvalue weighted by Crippen LogP contribution is -1.89. The van der Waals surface area contributed by atoms with Crippen LogP contribution in [0.15, 0.2) is 53.5 Å². The average Bonchev–Trinajstić information content (AvgIpc) is 2.95. The predicted octanol–water partition coefficient (Wildman–Crippen LogP) is 5.53. The molecule has 0 aliphatic heterocycles. The number of rotatable bonds is 4. The number of hydrogen-bond donors (Lipinski definition) is 0. The molecule has 0 unspecified atom stereocenters. The Morgan fingerprint density at radius 3 is 2.61 bits per heavy atom. The topological polar surface area (TPSA) is 34.5 Å². The average molecular weight is 343 g/mol. The van der Waals surface area contributed by atoms with E-state index in [9.17, 15) is 0 Å². The molecule has 3 nitrogen and oxygen atoms in total. The van der Waals surface area contributed by atoms with E-state index in [1.54, 1.807) is 24.7 Å². The Morgan fingerprint density at radius 1 is 1.13 bits per heavy atom. The molecule has 0 N–H and O–H groups in total. The minimum absolute atomic E-state index is 0.719. The zero-order valence-electron chi connectivity index (χ0n) is 12.8. The molecule has 5 heteroatoms. The van der Waals surface area contributed by atoms with Crippen LogP contribution >= 0.6 is 22.9 Å². The molecule has 0 saturated heterocycles. The van der Waals surface area contributed by atoms with E-state index in [0.717, 1.165) is 37.6 Å². The van der Waals surface area contributed by atoms with Crippen molar-refractivity contribution in [2.75, 3.05) is 7.11 Å². The Kier molecular flexibility index (Phi) is 4.74. The fourth-order valence-electron chi connectivity index (χ4n) is 2.21. The van der Waals surface area contributed by atoms with Crippen LogP contribution in [0.3, 0.4) is 0 Å². The van der Waals surface area contributed by atoms with Gasteiger partial charge >= 0.3 is 0 Å². The third-order valence-corrected chi connectivity index (χ3v) is 4.49. The van der Waals surface area contributed by atoms with Gasteiger partial charge in [0.1, 0.15) is 5.75 Å². The number of nitrogens with zero attached hydrogens (tertiary/aromatic N) is 2. The molecule has 3 rings (SSSR count). The van der Waals surface area contributed by atoms with Crippen molar-refractivity contribution >= 4 is 34.3 Å². The molecule has 1 aromatic heterocycles. The summed E-state index contributed by atoms with van der Waals surface area (Å²) in [6, 6.07) is 15.4. The molecule has 3 aromatic rings. The van der Waals surface area contributed by atoms with Crippen molar-refractivity contribution in [3.05, 3.63) is 64.0 Å². The summed E-state index contributed by atoms with van der Waals surface area (Å²) in [6.45, 7) is 2.05. The van der Waals surface area contributed by atoms with Gasteiger partial charge in [-0.15, -0.1) is 0 Å². The molecule has 0 bridgehead atoms. The first-order valence-electron chi connectivity index (χ1n) is 7.08. The molecule has 0 saturated carbocycles. The molecule has 1 heterocycles. The first kappa shape index (κ1) is 15.7. The smallest absolute Gasteiger partial charge is 0.209 e. The molecule has 0 spiro atoms. The van der Waals surface area contributed by atoms with Crippen LogP contribution in [0.25, 0.3) is 11.3 Å². The Balaban J connectivity index is 1.89. The standard InChI is InChI=1S/C18H15ClN2OS/c1-12-17(13-7-9-15(19)10-8-13)21-18(23-12)20-11-14-5-3-4-6-16(14)22-2/h3-11H,1-2H3. The van der Waals surface area contributed by atoms with Gasteiger partial charge in [-0.05, 0) is 31.2 Å². The Labute approximate surface area is 144 Å². The van der Waals surface area contributed by atoms with Crippen LogP contribution < -0.4 is 4.74 Å². The van der Waals surface area contributed by atoms with E-state index < -0.39 is 0 Å². The molecule has 0 aliphatic rings. The minimum atomic E-state index is 0.719. The highest BCUT2D eigenvalue weighted by molar-refractivity contribution is 7.15. The molecule has 2 aromatic carbocycles. The van der Waals surface area contributed by atoms with Crippen molar-refractivity contribution in [3.63, 3.8) is 0 Å². The van der Waals surface area contributed by atoms with Crippen LogP contribution in [0.5, 0.6) is 5.75 Å². The van der Waals surface area contributed by atoms with Crippen molar-refractivity contribution in [1.29, 1.82) is 0 Å². The normalized spacial score (nSPS) is 11.1. The maximum absolute atomic E-state index is 5.94. The van der Waals surface area contributed by atoms with Gasteiger partial charge in [-0.25, -0.2) is 9.98 Å². The highest BCUT2D eigenvalue weighted by Gasteiger charge is 2.09. The number of para-hydroxylation sites is 1. The molecule has 0 aliphatic carbocycles. The lowest BCUT2D eigenvalue weighted by atomic mass is 10.1. The fraction of sp³-hybridized carbons (Fsp3) is 0.111. The first-order valence-corrected chi connectivity index (χ1v) is 8.27. The van der Waals surface area contributed by atoms with E-state index in [1.165, 1.54) is 0 Å². The van der Waals surface area contributed by atoms with Gasteiger partial charge in [0.05, 0.1) is 12.8 Å². The van der Waals surface area contributed by atoms with E-state index in [4.69, 9.17) is 16.3 Å². The van der Waals surface area contributed by atoms with Crippen LogP contribution in [-0.2, 0) is 0 Å². The molecule has 0 atom stereocenters. The molecule has 0 radical (unpaired) electrons. The van der Waals surface area contributed by atoms with Gasteiger partial charge in [0, 0.05) is 27.2 Å². The molecule has 116 valence electrons. The Bertz CT molecular complexity index is 840. The number of aromatic nitrogens is 1. The van der Waals surface area contributed by atoms with E-state index in [2.05, 4.69) is 9.98 Å². The van der Waals surface area contributed by atoms with Gasteiger partial charge in [-0.3, -0.25) is 0 Å². The van der Waals surface area contributed by atoms with Crippen LogP contribution in [0.2, 0.25) is 5.02 Å². The van der Waals surface area contributed by atoms with E-state index >= 15 is 0 Å². The summed E-state index contributed by atoms with van der Waals surface area (Å²) in [6.07, 6.45) is 1.78. The van der Waals surface area contributed by atoms with Crippen molar-refractivity contribution in [1.82, 2.24) is 4.98 Å². The molecule has 0 fully saturated rings. The zero-order chi connectivity index (χ0) is 16.2. The maximum Gasteiger partial charge on any atom is 0.209 e. The third kappa shape index (κ3) is 3.60. The largest absolute Gasteiger partial charge is 0.496 e. The molecular weight excluding hydrogens is 328 g/mol. The minimum Gasteiger partial charge on any atom is -0.496 e. The monoisotopic (exact) mass is 342 g/mol. The Hall–Kier alpha value is -2.17. The Morgan fingerprint density at radius 2 is 1.87 bits per heavy atom. The van der Waals surface area contributed by atoms with Crippen molar-refractivity contribution in [2.24, 2.45) is 4.99 Å². The number of ether oxygens (including phenoxy) is 1. The zero-order valence-corrected chi connectivity index (χ0v) is 14.4. The van der Waals surface area contributed by atoms with Crippen LogP contribution in [0.4, 0.5) is 5.13 Å². The summed E-state index contributed by atoms with van der Waals surface area (Å²) in [5, 5.41) is 1.44. The highest BCUT2D eigenvalue weighted by Crippen LogP contribution is 2.32. The van der Waals surface area contributed by atoms with Gasteiger partial charge in [0.25, 0.3) is 0 Å². The quantitative estimate of drug-likeness (QED) is 0.584. The number of aryl methyl sites for hydroxylation is 1. The second kappa shape index (κ2) is 6.94. The number of benzene rings is 2. The van der Waals surface area contributed by atoms with Gasteiger partial charge in [0.15, 0.2) is 0 Å². The number of hydrogen-bond acceptors (Lipinski definition) is 4. The second-order valence-electron chi connectivity index (χ2n) is 4.91. The summed E-state index contributed by atoms with van der Waals surface area (Å²) in [7, 11) is 1.65. The molecular formula is C18H15ClN2OS. The summed E-state index contributed by atoms with van der Waals surface area (Å²) in [5.74, 6) is 0.794. The van der Waals surface area contributed by atoms with E-state index in [1.807, 2.05) is 55.5 Å². The fourth-order valence-corrected chi connectivity index (χ4v) is 3.11. The summed E-state index contributed by atoms with van der Waals surface area (Å²) >= 11 is 7.50. The number of methoxy groups -OCH3 is 1.